The van der Waals surface area contributed by atoms with Crippen molar-refractivity contribution in [2.75, 3.05) is 20.2 Å². The Morgan fingerprint density at radius 3 is 2.42 bits per heavy atom. The molecule has 2 aromatic carbocycles. The zero-order chi connectivity index (χ0) is 17.0. The number of rotatable bonds is 8. The lowest BCUT2D eigenvalue weighted by Gasteiger charge is -2.12. The van der Waals surface area contributed by atoms with Gasteiger partial charge in [-0.25, -0.2) is 0 Å². The van der Waals surface area contributed by atoms with Crippen molar-refractivity contribution in [2.24, 2.45) is 4.99 Å². The third kappa shape index (κ3) is 6.73. The average molecular weight is 325 g/mol. The van der Waals surface area contributed by atoms with Crippen molar-refractivity contribution in [3.05, 3.63) is 65.7 Å². The third-order valence-electron chi connectivity index (χ3n) is 3.68. The lowest BCUT2D eigenvalue weighted by atomic mass is 10.2. The summed E-state index contributed by atoms with van der Waals surface area (Å²) in [5.74, 6) is 1.77. The van der Waals surface area contributed by atoms with Crippen LogP contribution in [0.1, 0.15) is 24.0 Å². The van der Waals surface area contributed by atoms with Crippen LogP contribution in [0, 0.1) is 6.92 Å². The molecule has 0 heterocycles. The van der Waals surface area contributed by atoms with Gasteiger partial charge >= 0.3 is 0 Å². The van der Waals surface area contributed by atoms with Gasteiger partial charge in [0.1, 0.15) is 5.75 Å². The minimum atomic E-state index is 0.737. The molecule has 24 heavy (non-hydrogen) atoms. The Morgan fingerprint density at radius 1 is 0.958 bits per heavy atom. The van der Waals surface area contributed by atoms with Gasteiger partial charge in [-0.2, -0.15) is 0 Å². The molecule has 0 aromatic heterocycles. The van der Waals surface area contributed by atoms with E-state index in [0.717, 1.165) is 44.2 Å². The summed E-state index contributed by atoms with van der Waals surface area (Å²) in [6, 6.07) is 18.5. The molecule has 0 amide bonds. The second-order valence-corrected chi connectivity index (χ2v) is 5.71. The van der Waals surface area contributed by atoms with E-state index in [-0.39, 0.29) is 0 Å². The Morgan fingerprint density at radius 2 is 1.71 bits per heavy atom. The molecule has 0 fully saturated rings. The molecule has 2 aromatic rings. The van der Waals surface area contributed by atoms with Crippen LogP contribution in [-0.4, -0.2) is 26.2 Å². The van der Waals surface area contributed by atoms with Gasteiger partial charge in [-0.05, 0) is 37.5 Å². The van der Waals surface area contributed by atoms with Gasteiger partial charge in [0.2, 0.25) is 0 Å². The highest BCUT2D eigenvalue weighted by Gasteiger charge is 1.98. The standard InChI is InChI=1S/C20H27N3O/c1-17-10-12-19(13-11-17)24-15-7-6-14-22-20(21-2)23-16-18-8-4-3-5-9-18/h3-5,8-13H,6-7,14-16H2,1-2H3,(H2,21,22,23). The molecule has 2 rings (SSSR count). The predicted molar refractivity (Wildman–Crippen MR) is 101 cm³/mol. The van der Waals surface area contributed by atoms with Crippen molar-refractivity contribution in [3.63, 3.8) is 0 Å². The van der Waals surface area contributed by atoms with E-state index >= 15 is 0 Å². The molecular formula is C20H27N3O. The molecule has 0 aliphatic carbocycles. The molecule has 4 nitrogen and oxygen atoms in total. The zero-order valence-electron chi connectivity index (χ0n) is 14.6. The number of unbranched alkanes of at least 4 members (excludes halogenated alkanes) is 1. The molecule has 0 saturated heterocycles. The minimum Gasteiger partial charge on any atom is -0.494 e. The molecule has 0 aliphatic rings. The SMILES string of the molecule is CN=C(NCCCCOc1ccc(C)cc1)NCc1ccccc1. The van der Waals surface area contributed by atoms with Crippen molar-refractivity contribution >= 4 is 5.96 Å². The summed E-state index contributed by atoms with van der Waals surface area (Å²) < 4.78 is 5.73. The minimum absolute atomic E-state index is 0.737. The Labute approximate surface area is 145 Å². The molecule has 0 bridgehead atoms. The van der Waals surface area contributed by atoms with Crippen LogP contribution in [-0.2, 0) is 6.54 Å². The summed E-state index contributed by atoms with van der Waals surface area (Å²) >= 11 is 0. The number of ether oxygens (including phenoxy) is 1. The fraction of sp³-hybridized carbons (Fsp3) is 0.350. The number of benzene rings is 2. The first-order valence-corrected chi connectivity index (χ1v) is 8.46. The molecule has 2 N–H and O–H groups in total. The average Bonchev–Trinajstić information content (AvgIpc) is 2.63. The van der Waals surface area contributed by atoms with Crippen molar-refractivity contribution in [2.45, 2.75) is 26.3 Å². The quantitative estimate of drug-likeness (QED) is 0.443. The van der Waals surface area contributed by atoms with Gasteiger partial charge in [0, 0.05) is 20.1 Å². The highest BCUT2D eigenvalue weighted by atomic mass is 16.5. The molecule has 0 radical (unpaired) electrons. The van der Waals surface area contributed by atoms with Crippen LogP contribution in [0.5, 0.6) is 5.75 Å². The summed E-state index contributed by atoms with van der Waals surface area (Å²) in [6.07, 6.45) is 2.05. The van der Waals surface area contributed by atoms with E-state index in [2.05, 4.69) is 46.8 Å². The molecule has 0 spiro atoms. The Bertz CT molecular complexity index is 609. The highest BCUT2D eigenvalue weighted by Crippen LogP contribution is 2.11. The summed E-state index contributed by atoms with van der Waals surface area (Å²) in [7, 11) is 1.79. The monoisotopic (exact) mass is 325 g/mol. The van der Waals surface area contributed by atoms with Crippen LogP contribution in [0.15, 0.2) is 59.6 Å². The number of hydrogen-bond acceptors (Lipinski definition) is 2. The maximum absolute atomic E-state index is 5.73. The van der Waals surface area contributed by atoms with E-state index in [9.17, 15) is 0 Å². The number of aryl methyl sites for hydroxylation is 1. The Kier molecular flexibility index (Phi) is 7.68. The maximum Gasteiger partial charge on any atom is 0.191 e. The largest absolute Gasteiger partial charge is 0.494 e. The van der Waals surface area contributed by atoms with Gasteiger partial charge in [0.05, 0.1) is 6.61 Å². The van der Waals surface area contributed by atoms with Crippen molar-refractivity contribution in [1.29, 1.82) is 0 Å². The third-order valence-corrected chi connectivity index (χ3v) is 3.68. The van der Waals surface area contributed by atoms with Crippen molar-refractivity contribution in [3.8, 4) is 5.75 Å². The zero-order valence-corrected chi connectivity index (χ0v) is 14.6. The van der Waals surface area contributed by atoms with E-state index in [1.54, 1.807) is 7.05 Å². The lowest BCUT2D eigenvalue weighted by Crippen LogP contribution is -2.37. The Hall–Kier alpha value is -2.49. The molecule has 128 valence electrons. The van der Waals surface area contributed by atoms with Gasteiger partial charge in [-0.3, -0.25) is 4.99 Å². The van der Waals surface area contributed by atoms with Crippen LogP contribution in [0.2, 0.25) is 0 Å². The lowest BCUT2D eigenvalue weighted by molar-refractivity contribution is 0.307. The van der Waals surface area contributed by atoms with E-state index in [4.69, 9.17) is 4.74 Å². The maximum atomic E-state index is 5.73. The van der Waals surface area contributed by atoms with Gasteiger partial charge in [0.15, 0.2) is 5.96 Å². The molecule has 0 aliphatic heterocycles. The molecule has 0 saturated carbocycles. The first-order chi connectivity index (χ1) is 11.8. The molecule has 0 atom stereocenters. The second-order valence-electron chi connectivity index (χ2n) is 5.71. The van der Waals surface area contributed by atoms with Crippen LogP contribution >= 0.6 is 0 Å². The number of nitrogens with zero attached hydrogens (tertiary/aromatic N) is 1. The normalized spacial score (nSPS) is 11.2. The Balaban J connectivity index is 1.56. The summed E-state index contributed by atoms with van der Waals surface area (Å²) in [5, 5.41) is 6.64. The van der Waals surface area contributed by atoms with Crippen LogP contribution in [0.4, 0.5) is 0 Å². The smallest absolute Gasteiger partial charge is 0.191 e. The van der Waals surface area contributed by atoms with Gasteiger partial charge in [0.25, 0.3) is 0 Å². The van der Waals surface area contributed by atoms with Crippen molar-refractivity contribution < 1.29 is 4.74 Å². The van der Waals surface area contributed by atoms with Gasteiger partial charge in [-0.15, -0.1) is 0 Å². The topological polar surface area (TPSA) is 45.7 Å². The number of hydrogen-bond donors (Lipinski definition) is 2. The van der Waals surface area contributed by atoms with Crippen LogP contribution in [0.3, 0.4) is 0 Å². The van der Waals surface area contributed by atoms with Crippen LogP contribution in [0.25, 0.3) is 0 Å². The van der Waals surface area contributed by atoms with E-state index in [1.807, 2.05) is 30.3 Å². The highest BCUT2D eigenvalue weighted by molar-refractivity contribution is 5.79. The predicted octanol–water partition coefficient (Wildman–Crippen LogP) is 3.52. The number of aliphatic imine (C=N–C) groups is 1. The van der Waals surface area contributed by atoms with E-state index in [1.165, 1.54) is 11.1 Å². The van der Waals surface area contributed by atoms with Crippen molar-refractivity contribution in [1.82, 2.24) is 10.6 Å². The van der Waals surface area contributed by atoms with Gasteiger partial charge in [-0.1, -0.05) is 48.0 Å². The number of guanidine groups is 1. The van der Waals surface area contributed by atoms with Crippen LogP contribution < -0.4 is 15.4 Å². The molecule has 4 heteroatoms. The summed E-state index contributed by atoms with van der Waals surface area (Å²) in [6.45, 7) is 4.47. The fourth-order valence-electron chi connectivity index (χ4n) is 2.26. The van der Waals surface area contributed by atoms with Gasteiger partial charge < -0.3 is 15.4 Å². The summed E-state index contributed by atoms with van der Waals surface area (Å²) in [4.78, 5) is 4.24. The first-order valence-electron chi connectivity index (χ1n) is 8.46. The number of nitrogens with one attached hydrogen (secondary N) is 2. The summed E-state index contributed by atoms with van der Waals surface area (Å²) in [5.41, 5.74) is 2.49. The molecular weight excluding hydrogens is 298 g/mol. The second kappa shape index (κ2) is 10.3. The first kappa shape index (κ1) is 17.9. The fourth-order valence-corrected chi connectivity index (χ4v) is 2.26. The van der Waals surface area contributed by atoms with E-state index in [0.29, 0.717) is 0 Å². The van der Waals surface area contributed by atoms with E-state index < -0.39 is 0 Å². The molecule has 0 unspecified atom stereocenters.